The van der Waals surface area contributed by atoms with Crippen LogP contribution < -0.4 is 0 Å². The Bertz CT molecular complexity index is 498. The molecule has 1 nitrogen and oxygen atoms in total. The van der Waals surface area contributed by atoms with E-state index in [0.717, 1.165) is 23.8 Å². The first kappa shape index (κ1) is 17.8. The Morgan fingerprint density at radius 2 is 1.83 bits per heavy atom. The summed E-state index contributed by atoms with van der Waals surface area (Å²) in [5.74, 6) is 1.73. The molecule has 1 aliphatic carbocycles. The lowest BCUT2D eigenvalue weighted by molar-refractivity contribution is 0.296. The molecule has 0 aliphatic heterocycles. The van der Waals surface area contributed by atoms with E-state index in [0.29, 0.717) is 0 Å². The van der Waals surface area contributed by atoms with Crippen molar-refractivity contribution < 1.29 is 0 Å². The molecule has 0 amide bonds. The Hall–Kier alpha value is -1.55. The van der Waals surface area contributed by atoms with Crippen molar-refractivity contribution in [1.29, 1.82) is 5.26 Å². The number of benzene rings is 1. The van der Waals surface area contributed by atoms with Crippen LogP contribution in [0.2, 0.25) is 0 Å². The minimum Gasteiger partial charge on any atom is -0.192 e. The van der Waals surface area contributed by atoms with E-state index in [2.05, 4.69) is 37.3 Å². The molecule has 0 saturated heterocycles. The lowest BCUT2D eigenvalue weighted by atomic mass is 9.79. The summed E-state index contributed by atoms with van der Waals surface area (Å²) in [6.45, 7) is 2.27. The third kappa shape index (κ3) is 6.61. The number of unbranched alkanes of at least 4 members (excludes halogenated alkanes) is 3. The molecule has 1 fully saturated rings. The maximum atomic E-state index is 8.84. The fourth-order valence-electron chi connectivity index (χ4n) is 3.59. The predicted octanol–water partition coefficient (Wildman–Crippen LogP) is 6.43. The van der Waals surface area contributed by atoms with Gasteiger partial charge in [0.2, 0.25) is 0 Å². The number of allylic oxidation sites excluding steroid dienone is 2. The van der Waals surface area contributed by atoms with Gasteiger partial charge in [-0.25, -0.2) is 0 Å². The van der Waals surface area contributed by atoms with Crippen LogP contribution >= 0.6 is 0 Å². The molecule has 1 aliphatic rings. The molecule has 0 bridgehead atoms. The van der Waals surface area contributed by atoms with Crippen LogP contribution in [0.3, 0.4) is 0 Å². The van der Waals surface area contributed by atoms with Gasteiger partial charge in [-0.15, -0.1) is 0 Å². The van der Waals surface area contributed by atoms with Gasteiger partial charge in [0.1, 0.15) is 0 Å². The lowest BCUT2D eigenvalue weighted by Gasteiger charge is -2.26. The van der Waals surface area contributed by atoms with Gasteiger partial charge >= 0.3 is 0 Å². The van der Waals surface area contributed by atoms with Crippen molar-refractivity contribution in [3.05, 3.63) is 47.5 Å². The Morgan fingerprint density at radius 3 is 2.48 bits per heavy atom. The molecule has 124 valence electrons. The molecule has 0 unspecified atom stereocenters. The van der Waals surface area contributed by atoms with E-state index in [1.54, 1.807) is 0 Å². The highest BCUT2D eigenvalue weighted by Crippen LogP contribution is 2.32. The van der Waals surface area contributed by atoms with Gasteiger partial charge in [-0.2, -0.15) is 5.26 Å². The molecule has 0 N–H and O–H groups in total. The average Bonchev–Trinajstić information content (AvgIpc) is 2.61. The van der Waals surface area contributed by atoms with Crippen molar-refractivity contribution in [2.75, 3.05) is 0 Å². The number of nitriles is 1. The number of hydrogen-bond acceptors (Lipinski definition) is 1. The summed E-state index contributed by atoms with van der Waals surface area (Å²) in [7, 11) is 0. The fraction of sp³-hybridized carbons (Fsp3) is 0.591. The molecule has 0 radical (unpaired) electrons. The highest BCUT2D eigenvalue weighted by Gasteiger charge is 2.19. The minimum absolute atomic E-state index is 0.764. The summed E-state index contributed by atoms with van der Waals surface area (Å²) < 4.78 is 0. The largest absolute Gasteiger partial charge is 0.192 e. The van der Waals surface area contributed by atoms with Crippen molar-refractivity contribution in [3.8, 4) is 6.07 Å². The number of hydrogen-bond donors (Lipinski definition) is 0. The summed E-state index contributed by atoms with van der Waals surface area (Å²) in [6.07, 6.45) is 18.2. The number of rotatable bonds is 8. The summed E-state index contributed by atoms with van der Waals surface area (Å²) in [4.78, 5) is 0. The van der Waals surface area contributed by atoms with Crippen LogP contribution in [0.15, 0.2) is 36.4 Å². The van der Waals surface area contributed by atoms with Gasteiger partial charge in [0.25, 0.3) is 0 Å². The van der Waals surface area contributed by atoms with Crippen LogP contribution in [0.5, 0.6) is 0 Å². The third-order valence-corrected chi connectivity index (χ3v) is 5.20. The molecule has 0 aromatic heterocycles. The van der Waals surface area contributed by atoms with E-state index >= 15 is 0 Å². The summed E-state index contributed by atoms with van der Waals surface area (Å²) in [6, 6.07) is 10.3. The first-order chi connectivity index (χ1) is 11.3. The minimum atomic E-state index is 0.764. The van der Waals surface area contributed by atoms with Gasteiger partial charge in [-0.3, -0.25) is 0 Å². The van der Waals surface area contributed by atoms with Gasteiger partial charge < -0.3 is 0 Å². The summed E-state index contributed by atoms with van der Waals surface area (Å²) >= 11 is 0. The van der Waals surface area contributed by atoms with E-state index in [-0.39, 0.29) is 0 Å². The molecule has 23 heavy (non-hydrogen) atoms. The SMILES string of the molecule is CCCCCC=C[C@H]1CC[C@H](CCc2ccc(C#N)cc2)CC1. The van der Waals surface area contributed by atoms with E-state index in [1.165, 1.54) is 63.4 Å². The molecule has 0 heterocycles. The second-order valence-corrected chi connectivity index (χ2v) is 7.05. The zero-order valence-electron chi connectivity index (χ0n) is 14.6. The van der Waals surface area contributed by atoms with Crippen molar-refractivity contribution in [2.24, 2.45) is 11.8 Å². The standard InChI is InChI=1S/C22H31N/c1-2-3-4-5-6-7-19-8-10-20(11-9-19)12-13-21-14-16-22(18-23)17-15-21/h6-7,14-17,19-20H,2-5,8-13H2,1H3/t19-,20-. The molecule has 2 rings (SSSR count). The van der Waals surface area contributed by atoms with E-state index in [9.17, 15) is 0 Å². The highest BCUT2D eigenvalue weighted by molar-refractivity contribution is 5.31. The van der Waals surface area contributed by atoms with Crippen molar-refractivity contribution in [2.45, 2.75) is 71.1 Å². The molecule has 0 atom stereocenters. The second-order valence-electron chi connectivity index (χ2n) is 7.05. The van der Waals surface area contributed by atoms with Crippen molar-refractivity contribution >= 4 is 0 Å². The van der Waals surface area contributed by atoms with E-state index in [1.807, 2.05) is 12.1 Å². The molecule has 1 saturated carbocycles. The maximum Gasteiger partial charge on any atom is 0.0991 e. The summed E-state index contributed by atoms with van der Waals surface area (Å²) in [5, 5.41) is 8.84. The first-order valence-electron chi connectivity index (χ1n) is 9.47. The highest BCUT2D eigenvalue weighted by atomic mass is 14.2. The topological polar surface area (TPSA) is 23.8 Å². The smallest absolute Gasteiger partial charge is 0.0991 e. The molecular weight excluding hydrogens is 278 g/mol. The number of aryl methyl sites for hydroxylation is 1. The van der Waals surface area contributed by atoms with E-state index < -0.39 is 0 Å². The molecular formula is C22H31N. The Morgan fingerprint density at radius 1 is 1.09 bits per heavy atom. The molecule has 1 heteroatoms. The van der Waals surface area contributed by atoms with Gasteiger partial charge in [0.15, 0.2) is 0 Å². The zero-order chi connectivity index (χ0) is 16.3. The van der Waals surface area contributed by atoms with Crippen LogP contribution in [0.25, 0.3) is 0 Å². The molecule has 1 aromatic carbocycles. The van der Waals surface area contributed by atoms with Crippen LogP contribution in [0.1, 0.15) is 75.8 Å². The predicted molar refractivity (Wildman–Crippen MR) is 98.2 cm³/mol. The Labute approximate surface area is 142 Å². The van der Waals surface area contributed by atoms with Gasteiger partial charge in [-0.1, -0.05) is 44.1 Å². The molecule has 1 aromatic rings. The number of nitrogens with zero attached hydrogens (tertiary/aromatic N) is 1. The normalized spacial score (nSPS) is 21.4. The quantitative estimate of drug-likeness (QED) is 0.401. The average molecular weight is 309 g/mol. The fourth-order valence-corrected chi connectivity index (χ4v) is 3.59. The Balaban J connectivity index is 1.63. The van der Waals surface area contributed by atoms with E-state index in [4.69, 9.17) is 5.26 Å². The van der Waals surface area contributed by atoms with Crippen LogP contribution in [-0.2, 0) is 6.42 Å². The van der Waals surface area contributed by atoms with Gasteiger partial charge in [0, 0.05) is 0 Å². The van der Waals surface area contributed by atoms with Crippen molar-refractivity contribution in [1.82, 2.24) is 0 Å². The van der Waals surface area contributed by atoms with Crippen LogP contribution in [0.4, 0.5) is 0 Å². The molecule has 0 spiro atoms. The first-order valence-corrected chi connectivity index (χ1v) is 9.47. The monoisotopic (exact) mass is 309 g/mol. The summed E-state index contributed by atoms with van der Waals surface area (Å²) in [5.41, 5.74) is 2.14. The lowest BCUT2D eigenvalue weighted by Crippen LogP contribution is -2.13. The van der Waals surface area contributed by atoms with Crippen LogP contribution in [-0.4, -0.2) is 0 Å². The van der Waals surface area contributed by atoms with Crippen LogP contribution in [0, 0.1) is 23.2 Å². The van der Waals surface area contributed by atoms with Gasteiger partial charge in [0.05, 0.1) is 11.6 Å². The van der Waals surface area contributed by atoms with Crippen molar-refractivity contribution in [3.63, 3.8) is 0 Å². The zero-order valence-corrected chi connectivity index (χ0v) is 14.6. The Kier molecular flexibility index (Phi) is 7.95. The second kappa shape index (κ2) is 10.3. The maximum absolute atomic E-state index is 8.84. The van der Waals surface area contributed by atoms with Gasteiger partial charge in [-0.05, 0) is 80.9 Å². The third-order valence-electron chi connectivity index (χ3n) is 5.20.